The molecule has 1 aliphatic rings. The monoisotopic (exact) mass is 410 g/mol. The number of rotatable bonds is 8. The second-order valence-electron chi connectivity index (χ2n) is 7.83. The Kier molecular flexibility index (Phi) is 7.46. The second-order valence-corrected chi connectivity index (χ2v) is 7.83. The first kappa shape index (κ1) is 21.8. The van der Waals surface area contributed by atoms with Crippen LogP contribution in [0, 0.1) is 0 Å². The first-order valence-electron chi connectivity index (χ1n) is 10.5. The van der Waals surface area contributed by atoms with Crippen molar-refractivity contribution < 1.29 is 19.1 Å². The van der Waals surface area contributed by atoms with Crippen LogP contribution in [0.25, 0.3) is 0 Å². The van der Waals surface area contributed by atoms with E-state index in [1.807, 2.05) is 24.3 Å². The van der Waals surface area contributed by atoms with E-state index in [4.69, 9.17) is 9.47 Å². The summed E-state index contributed by atoms with van der Waals surface area (Å²) in [4.78, 5) is 25.4. The minimum absolute atomic E-state index is 0.0603. The molecule has 2 N–H and O–H groups in total. The first-order chi connectivity index (χ1) is 14.5. The Balaban J connectivity index is 1.64. The van der Waals surface area contributed by atoms with E-state index in [0.29, 0.717) is 23.5 Å². The number of carbonyl (C=O) groups is 2. The highest BCUT2D eigenvalue weighted by Crippen LogP contribution is 2.27. The summed E-state index contributed by atoms with van der Waals surface area (Å²) in [6.07, 6.45) is 1.31. The molecule has 6 heteroatoms. The van der Waals surface area contributed by atoms with Gasteiger partial charge in [0.15, 0.2) is 6.10 Å². The van der Waals surface area contributed by atoms with Crippen molar-refractivity contribution in [3.8, 4) is 5.75 Å². The molecular weight excluding hydrogens is 380 g/mol. The summed E-state index contributed by atoms with van der Waals surface area (Å²) >= 11 is 0. The summed E-state index contributed by atoms with van der Waals surface area (Å²) < 4.78 is 11.5. The standard InChI is InChI=1S/C24H30N2O4/c1-16(2)19-10-5-7-13-22(19)30-17(3)23(27)26-21-12-6-4-11-20(21)24(28)25-15-18-9-8-14-29-18/h4-7,10-13,16-18H,8-9,14-15H2,1-3H3,(H,25,28)(H,26,27)/t17-,18-/m1/s1. The zero-order valence-corrected chi connectivity index (χ0v) is 17.8. The van der Waals surface area contributed by atoms with Crippen LogP contribution >= 0.6 is 0 Å². The van der Waals surface area contributed by atoms with Crippen molar-refractivity contribution in [2.45, 2.75) is 51.7 Å². The van der Waals surface area contributed by atoms with Gasteiger partial charge in [-0.2, -0.15) is 0 Å². The van der Waals surface area contributed by atoms with Crippen molar-refractivity contribution in [2.75, 3.05) is 18.5 Å². The predicted molar refractivity (Wildman–Crippen MR) is 117 cm³/mol. The summed E-state index contributed by atoms with van der Waals surface area (Å²) in [5.41, 5.74) is 1.92. The highest BCUT2D eigenvalue weighted by Gasteiger charge is 2.21. The summed E-state index contributed by atoms with van der Waals surface area (Å²) in [5.74, 6) is 0.426. The van der Waals surface area contributed by atoms with Crippen molar-refractivity contribution in [2.24, 2.45) is 0 Å². The molecule has 0 saturated carbocycles. The number of nitrogens with one attached hydrogen (secondary N) is 2. The number of amides is 2. The van der Waals surface area contributed by atoms with Gasteiger partial charge in [0, 0.05) is 13.2 Å². The van der Waals surface area contributed by atoms with Gasteiger partial charge in [0.25, 0.3) is 11.8 Å². The zero-order chi connectivity index (χ0) is 21.5. The van der Waals surface area contributed by atoms with Crippen LogP contribution in [0.1, 0.15) is 55.5 Å². The van der Waals surface area contributed by atoms with E-state index in [1.165, 1.54) is 0 Å². The van der Waals surface area contributed by atoms with Gasteiger partial charge in [0.05, 0.1) is 17.4 Å². The molecule has 0 unspecified atom stereocenters. The lowest BCUT2D eigenvalue weighted by Gasteiger charge is -2.19. The van der Waals surface area contributed by atoms with E-state index in [0.717, 1.165) is 25.0 Å². The van der Waals surface area contributed by atoms with Crippen LogP contribution in [0.5, 0.6) is 5.75 Å². The van der Waals surface area contributed by atoms with Crippen LogP contribution in [0.2, 0.25) is 0 Å². The minimum Gasteiger partial charge on any atom is -0.481 e. The lowest BCUT2D eigenvalue weighted by molar-refractivity contribution is -0.122. The van der Waals surface area contributed by atoms with Gasteiger partial charge < -0.3 is 20.1 Å². The van der Waals surface area contributed by atoms with Gasteiger partial charge >= 0.3 is 0 Å². The Morgan fingerprint density at radius 2 is 1.83 bits per heavy atom. The maximum atomic E-state index is 12.8. The van der Waals surface area contributed by atoms with E-state index < -0.39 is 6.10 Å². The Labute approximate surface area is 178 Å². The number of hydrogen-bond acceptors (Lipinski definition) is 4. The van der Waals surface area contributed by atoms with Gasteiger partial charge in [-0.05, 0) is 49.4 Å². The van der Waals surface area contributed by atoms with Gasteiger partial charge in [0.1, 0.15) is 5.75 Å². The SMILES string of the molecule is CC(C)c1ccccc1O[C@H](C)C(=O)Nc1ccccc1C(=O)NC[C@H]1CCCO1. The molecule has 2 aromatic rings. The molecule has 0 aliphatic carbocycles. The highest BCUT2D eigenvalue weighted by molar-refractivity contribution is 6.04. The molecular formula is C24H30N2O4. The molecule has 2 atom stereocenters. The number of carbonyl (C=O) groups excluding carboxylic acids is 2. The van der Waals surface area contributed by atoms with Crippen molar-refractivity contribution in [3.05, 3.63) is 59.7 Å². The first-order valence-corrected chi connectivity index (χ1v) is 10.5. The fraction of sp³-hybridized carbons (Fsp3) is 0.417. The molecule has 160 valence electrons. The smallest absolute Gasteiger partial charge is 0.265 e. The summed E-state index contributed by atoms with van der Waals surface area (Å²) in [6.45, 7) is 7.07. The predicted octanol–water partition coefficient (Wildman–Crippen LogP) is 4.12. The molecule has 0 aromatic heterocycles. The minimum atomic E-state index is -0.715. The lowest BCUT2D eigenvalue weighted by Crippen LogP contribution is -2.34. The number of anilines is 1. The van der Waals surface area contributed by atoms with E-state index in [-0.39, 0.29) is 23.8 Å². The maximum absolute atomic E-state index is 12.8. The summed E-state index contributed by atoms with van der Waals surface area (Å²) in [6, 6.07) is 14.7. The quantitative estimate of drug-likeness (QED) is 0.686. The molecule has 3 rings (SSSR count). The molecule has 2 amide bonds. The van der Waals surface area contributed by atoms with Crippen LogP contribution < -0.4 is 15.4 Å². The molecule has 2 aromatic carbocycles. The summed E-state index contributed by atoms with van der Waals surface area (Å²) in [5, 5.41) is 5.73. The molecule has 1 aliphatic heterocycles. The van der Waals surface area contributed by atoms with Crippen molar-refractivity contribution in [1.29, 1.82) is 0 Å². The van der Waals surface area contributed by atoms with Gasteiger partial charge in [0.2, 0.25) is 0 Å². The van der Waals surface area contributed by atoms with Gasteiger partial charge in [-0.3, -0.25) is 9.59 Å². The van der Waals surface area contributed by atoms with E-state index in [9.17, 15) is 9.59 Å². The lowest BCUT2D eigenvalue weighted by atomic mass is 10.0. The third-order valence-electron chi connectivity index (χ3n) is 5.16. The number of benzene rings is 2. The molecule has 1 heterocycles. The topological polar surface area (TPSA) is 76.7 Å². The van der Waals surface area contributed by atoms with Gasteiger partial charge in [-0.1, -0.05) is 44.2 Å². The van der Waals surface area contributed by atoms with Crippen LogP contribution in [0.15, 0.2) is 48.5 Å². The largest absolute Gasteiger partial charge is 0.481 e. The average Bonchev–Trinajstić information content (AvgIpc) is 3.26. The maximum Gasteiger partial charge on any atom is 0.265 e. The third kappa shape index (κ3) is 5.60. The fourth-order valence-corrected chi connectivity index (χ4v) is 3.44. The zero-order valence-electron chi connectivity index (χ0n) is 17.8. The molecule has 6 nitrogen and oxygen atoms in total. The molecule has 30 heavy (non-hydrogen) atoms. The molecule has 0 spiro atoms. The number of para-hydroxylation sites is 2. The molecule has 0 bridgehead atoms. The van der Waals surface area contributed by atoms with Crippen molar-refractivity contribution in [3.63, 3.8) is 0 Å². The Bertz CT molecular complexity index is 875. The van der Waals surface area contributed by atoms with Gasteiger partial charge in [-0.15, -0.1) is 0 Å². The average molecular weight is 411 g/mol. The fourth-order valence-electron chi connectivity index (χ4n) is 3.44. The Morgan fingerprint density at radius 1 is 1.10 bits per heavy atom. The number of ether oxygens (including phenoxy) is 2. The molecule has 0 radical (unpaired) electrons. The van der Waals surface area contributed by atoms with Gasteiger partial charge in [-0.25, -0.2) is 0 Å². The normalized spacial score (nSPS) is 16.9. The molecule has 1 saturated heterocycles. The Hall–Kier alpha value is -2.86. The van der Waals surface area contributed by atoms with Crippen molar-refractivity contribution in [1.82, 2.24) is 5.32 Å². The van der Waals surface area contributed by atoms with Crippen LogP contribution in [-0.4, -0.2) is 37.2 Å². The van der Waals surface area contributed by atoms with Crippen LogP contribution in [-0.2, 0) is 9.53 Å². The van der Waals surface area contributed by atoms with E-state index in [2.05, 4.69) is 24.5 Å². The van der Waals surface area contributed by atoms with E-state index in [1.54, 1.807) is 31.2 Å². The van der Waals surface area contributed by atoms with E-state index >= 15 is 0 Å². The molecule has 1 fully saturated rings. The third-order valence-corrected chi connectivity index (χ3v) is 5.16. The summed E-state index contributed by atoms with van der Waals surface area (Å²) in [7, 11) is 0. The Morgan fingerprint density at radius 3 is 2.57 bits per heavy atom. The van der Waals surface area contributed by atoms with Crippen LogP contribution in [0.3, 0.4) is 0 Å². The number of hydrogen-bond donors (Lipinski definition) is 2. The highest BCUT2D eigenvalue weighted by atomic mass is 16.5. The van der Waals surface area contributed by atoms with Crippen LogP contribution in [0.4, 0.5) is 5.69 Å². The van der Waals surface area contributed by atoms with Crippen molar-refractivity contribution >= 4 is 17.5 Å². The second kappa shape index (κ2) is 10.3.